The van der Waals surface area contributed by atoms with Crippen molar-refractivity contribution >= 4 is 62.9 Å². The number of imide groups is 1. The molecular formula is C27H28ClN5O3S2. The molecule has 1 aromatic carbocycles. The molecule has 0 saturated heterocycles. The zero-order valence-corrected chi connectivity index (χ0v) is 24.1. The number of thiophene rings is 2. The molecule has 4 aromatic rings. The number of nitrogens with zero attached hydrogens (tertiary/aromatic N) is 4. The van der Waals surface area contributed by atoms with Crippen LogP contribution in [0.4, 0.5) is 5.82 Å². The van der Waals surface area contributed by atoms with Gasteiger partial charge in [-0.15, -0.1) is 35.1 Å². The molecule has 3 aromatic heterocycles. The number of anilines is 1. The maximum absolute atomic E-state index is 12.8. The number of hydrogen-bond donors (Lipinski definition) is 1. The average molecular weight is 570 g/mol. The number of amides is 2. The lowest BCUT2D eigenvalue weighted by atomic mass is 10.1. The summed E-state index contributed by atoms with van der Waals surface area (Å²) in [6, 6.07) is 11.9. The van der Waals surface area contributed by atoms with E-state index in [1.807, 2.05) is 62.8 Å². The summed E-state index contributed by atoms with van der Waals surface area (Å²) < 4.78 is 5.84. The van der Waals surface area contributed by atoms with Crippen molar-refractivity contribution < 1.29 is 14.3 Å². The molecule has 4 heterocycles. The molecule has 0 bridgehead atoms. The molecule has 1 aliphatic rings. The average Bonchev–Trinajstić information content (AvgIpc) is 3.58. The van der Waals surface area contributed by atoms with Crippen LogP contribution in [0.3, 0.4) is 0 Å². The van der Waals surface area contributed by atoms with Crippen LogP contribution >= 0.6 is 35.1 Å². The van der Waals surface area contributed by atoms with Crippen LogP contribution in [0.5, 0.6) is 5.75 Å². The van der Waals surface area contributed by atoms with Gasteiger partial charge in [-0.1, -0.05) is 6.07 Å². The van der Waals surface area contributed by atoms with Gasteiger partial charge in [-0.05, 0) is 81.7 Å². The van der Waals surface area contributed by atoms with E-state index in [4.69, 9.17) is 14.7 Å². The zero-order valence-electron chi connectivity index (χ0n) is 21.7. The first-order chi connectivity index (χ1) is 17.7. The fraction of sp³-hybridized carbons (Fsp3) is 0.259. The first kappa shape index (κ1) is 27.7. The van der Waals surface area contributed by atoms with Gasteiger partial charge in [0.1, 0.15) is 17.2 Å². The summed E-state index contributed by atoms with van der Waals surface area (Å²) in [4.78, 5) is 40.0. The number of carbonyl (C=O) groups excluding carboxylic acids is 2. The minimum absolute atomic E-state index is 0. The van der Waals surface area contributed by atoms with E-state index >= 15 is 0 Å². The second-order valence-corrected chi connectivity index (χ2v) is 11.0. The molecule has 0 spiro atoms. The van der Waals surface area contributed by atoms with E-state index in [0.717, 1.165) is 48.4 Å². The molecule has 5 rings (SSSR count). The van der Waals surface area contributed by atoms with Crippen LogP contribution in [0.15, 0.2) is 52.9 Å². The Morgan fingerprint density at radius 3 is 2.29 bits per heavy atom. The van der Waals surface area contributed by atoms with Gasteiger partial charge in [0.15, 0.2) is 11.6 Å². The number of nitrogens with one attached hydrogen (secondary N) is 1. The minimum atomic E-state index is -0.370. The molecule has 198 valence electrons. The maximum Gasteiger partial charge on any atom is 0.275 e. The number of rotatable bonds is 8. The zero-order chi connectivity index (χ0) is 26.3. The third kappa shape index (κ3) is 5.17. The van der Waals surface area contributed by atoms with Crippen molar-refractivity contribution in [3.05, 3.63) is 58.5 Å². The molecular weight excluding hydrogens is 542 g/mol. The number of hydrogen-bond acceptors (Lipinski definition) is 9. The highest BCUT2D eigenvalue weighted by molar-refractivity contribution is 7.22. The number of fused-ring (bicyclic) bond motifs is 1. The van der Waals surface area contributed by atoms with Crippen molar-refractivity contribution in [1.29, 1.82) is 0 Å². The highest BCUT2D eigenvalue weighted by Gasteiger charge is 2.35. The fourth-order valence-electron chi connectivity index (χ4n) is 4.02. The highest BCUT2D eigenvalue weighted by atomic mass is 35.5. The lowest BCUT2D eigenvalue weighted by Gasteiger charge is -2.18. The molecule has 0 saturated carbocycles. The van der Waals surface area contributed by atoms with Crippen LogP contribution in [0.2, 0.25) is 0 Å². The third-order valence-corrected chi connectivity index (χ3v) is 8.38. The van der Waals surface area contributed by atoms with E-state index in [1.165, 1.54) is 11.3 Å². The van der Waals surface area contributed by atoms with Crippen LogP contribution in [-0.4, -0.2) is 58.9 Å². The van der Waals surface area contributed by atoms with Gasteiger partial charge in [-0.2, -0.15) is 5.01 Å². The Hall–Kier alpha value is -3.31. The summed E-state index contributed by atoms with van der Waals surface area (Å²) in [6.07, 6.45) is 0. The Kier molecular flexibility index (Phi) is 8.17. The molecule has 1 N–H and O–H groups in total. The molecule has 1 aliphatic heterocycles. The molecule has 0 radical (unpaired) electrons. The van der Waals surface area contributed by atoms with Gasteiger partial charge < -0.3 is 9.64 Å². The van der Waals surface area contributed by atoms with Crippen molar-refractivity contribution in [2.45, 2.75) is 20.8 Å². The number of aryl methyl sites for hydroxylation is 1. The monoisotopic (exact) mass is 569 g/mol. The summed E-state index contributed by atoms with van der Waals surface area (Å²) in [5, 5.41) is 3.80. The molecule has 8 nitrogen and oxygen atoms in total. The number of ether oxygens (including phenoxy) is 1. The summed E-state index contributed by atoms with van der Waals surface area (Å²) >= 11 is 3.09. The van der Waals surface area contributed by atoms with Gasteiger partial charge in [-0.3, -0.25) is 15.0 Å². The number of likely N-dealkylation sites (N-methyl/N-ethyl adjacent to an activating group) is 1. The maximum atomic E-state index is 12.8. The first-order valence-corrected chi connectivity index (χ1v) is 13.5. The van der Waals surface area contributed by atoms with Gasteiger partial charge in [0.25, 0.3) is 11.8 Å². The van der Waals surface area contributed by atoms with Crippen LogP contribution in [0.1, 0.15) is 19.4 Å². The Bertz CT molecular complexity index is 1500. The van der Waals surface area contributed by atoms with Crippen molar-refractivity contribution in [2.24, 2.45) is 0 Å². The lowest BCUT2D eigenvalue weighted by molar-refractivity contribution is -0.135. The first-order valence-electron chi connectivity index (χ1n) is 11.8. The molecule has 11 heteroatoms. The lowest BCUT2D eigenvalue weighted by Crippen LogP contribution is -2.37. The van der Waals surface area contributed by atoms with E-state index in [0.29, 0.717) is 29.4 Å². The van der Waals surface area contributed by atoms with Gasteiger partial charge in [0.05, 0.1) is 10.3 Å². The largest absolute Gasteiger partial charge is 0.492 e. The van der Waals surface area contributed by atoms with E-state index in [-0.39, 0.29) is 24.2 Å². The van der Waals surface area contributed by atoms with E-state index in [9.17, 15) is 9.59 Å². The summed E-state index contributed by atoms with van der Waals surface area (Å²) in [5.41, 5.74) is 5.88. The molecule has 38 heavy (non-hydrogen) atoms. The molecule has 0 atom stereocenters. The summed E-state index contributed by atoms with van der Waals surface area (Å²) in [7, 11) is 4.03. The van der Waals surface area contributed by atoms with Crippen LogP contribution in [-0.2, 0) is 9.59 Å². The van der Waals surface area contributed by atoms with Gasteiger partial charge in [-0.25, -0.2) is 9.97 Å². The highest BCUT2D eigenvalue weighted by Crippen LogP contribution is 2.42. The molecule has 2 amide bonds. The summed E-state index contributed by atoms with van der Waals surface area (Å²) in [6.45, 7) is 6.79. The Morgan fingerprint density at radius 1 is 1.00 bits per heavy atom. The minimum Gasteiger partial charge on any atom is -0.492 e. The van der Waals surface area contributed by atoms with Crippen molar-refractivity contribution in [2.75, 3.05) is 32.7 Å². The predicted molar refractivity (Wildman–Crippen MR) is 156 cm³/mol. The van der Waals surface area contributed by atoms with Gasteiger partial charge in [0.2, 0.25) is 0 Å². The molecule has 0 fully saturated rings. The summed E-state index contributed by atoms with van der Waals surface area (Å²) in [5.74, 6) is 1.05. The van der Waals surface area contributed by atoms with Crippen LogP contribution in [0, 0.1) is 6.92 Å². The number of hydrazine groups is 1. The standard InChI is InChI=1S/C27H27N5O3S2.ClH/c1-15-16(2)27(34)32(26(15)33)30-24-21-17(3)22(18-8-10-19(11-9-18)35-13-12-31(4)5)37-25(21)29-23(28-24)20-7-6-14-36-20;/h6-11,14H,12-13H2,1-5H3,(H,28,29,30);1H. The molecule has 0 aliphatic carbocycles. The van der Waals surface area contributed by atoms with E-state index in [2.05, 4.69) is 10.3 Å². The Morgan fingerprint density at radius 2 is 1.68 bits per heavy atom. The number of benzene rings is 1. The second-order valence-electron chi connectivity index (χ2n) is 9.09. The second kappa shape index (κ2) is 11.2. The SMILES string of the molecule is CC1=C(C)C(=O)N(Nc2nc(-c3cccs3)nc3sc(-c4ccc(OCCN(C)C)cc4)c(C)c23)C1=O.Cl. The Labute approximate surface area is 235 Å². The fourth-order valence-corrected chi connectivity index (χ4v) is 5.86. The van der Waals surface area contributed by atoms with E-state index in [1.54, 1.807) is 25.2 Å². The van der Waals surface area contributed by atoms with Crippen molar-refractivity contribution in [3.63, 3.8) is 0 Å². The van der Waals surface area contributed by atoms with Crippen molar-refractivity contribution in [1.82, 2.24) is 19.9 Å². The number of aromatic nitrogens is 2. The normalized spacial score (nSPS) is 13.6. The third-order valence-electron chi connectivity index (χ3n) is 6.28. The van der Waals surface area contributed by atoms with Crippen molar-refractivity contribution in [3.8, 4) is 26.9 Å². The predicted octanol–water partition coefficient (Wildman–Crippen LogP) is 5.79. The number of carbonyl (C=O) groups is 2. The topological polar surface area (TPSA) is 87.7 Å². The quantitative estimate of drug-likeness (QED) is 0.269. The smallest absolute Gasteiger partial charge is 0.275 e. The molecule has 0 unspecified atom stereocenters. The Balaban J connectivity index is 0.00000336. The van der Waals surface area contributed by atoms with E-state index < -0.39 is 0 Å². The number of halogens is 1. The van der Waals surface area contributed by atoms with Crippen LogP contribution in [0.25, 0.3) is 31.4 Å². The van der Waals surface area contributed by atoms with Gasteiger partial charge in [0, 0.05) is 22.6 Å². The van der Waals surface area contributed by atoms with Crippen LogP contribution < -0.4 is 10.2 Å². The van der Waals surface area contributed by atoms with Gasteiger partial charge >= 0.3 is 0 Å².